The zero-order valence-corrected chi connectivity index (χ0v) is 9.37. The van der Waals surface area contributed by atoms with E-state index < -0.39 is 0 Å². The minimum atomic E-state index is 0.261. The second-order valence-corrected chi connectivity index (χ2v) is 4.66. The first-order valence-electron chi connectivity index (χ1n) is 5.09. The molecule has 0 saturated carbocycles. The minimum absolute atomic E-state index is 0.261. The van der Waals surface area contributed by atoms with Crippen LogP contribution < -0.4 is 5.73 Å². The van der Waals surface area contributed by atoms with Crippen LogP contribution in [0.2, 0.25) is 0 Å². The average Bonchev–Trinajstić information content (AvgIpc) is 2.96. The normalized spacial score (nSPS) is 20.4. The van der Waals surface area contributed by atoms with E-state index in [2.05, 4.69) is 10.1 Å². The molecule has 6 heteroatoms. The lowest BCUT2D eigenvalue weighted by Crippen LogP contribution is -1.99. The Hall–Kier alpha value is -1.40. The van der Waals surface area contributed by atoms with Gasteiger partial charge in [-0.25, -0.2) is 0 Å². The van der Waals surface area contributed by atoms with Crippen molar-refractivity contribution in [2.75, 3.05) is 18.9 Å². The monoisotopic (exact) mass is 237 g/mol. The molecular weight excluding hydrogens is 226 g/mol. The lowest BCUT2D eigenvalue weighted by molar-refractivity contribution is 0.192. The summed E-state index contributed by atoms with van der Waals surface area (Å²) in [5, 5.41) is 6.59. The fourth-order valence-electron chi connectivity index (χ4n) is 1.75. The molecule has 1 atom stereocenters. The maximum atomic E-state index is 5.80. The molecule has 16 heavy (non-hydrogen) atoms. The van der Waals surface area contributed by atoms with Gasteiger partial charge in [0.25, 0.3) is 5.89 Å². The molecular formula is C10H11N3O2S. The maximum Gasteiger partial charge on any atom is 0.260 e. The third-order valence-corrected chi connectivity index (χ3v) is 3.41. The fraction of sp³-hybridized carbons (Fsp3) is 0.400. The molecule has 2 aromatic heterocycles. The number of ether oxygens (including phenoxy) is 1. The Morgan fingerprint density at radius 2 is 2.44 bits per heavy atom. The quantitative estimate of drug-likeness (QED) is 0.863. The Morgan fingerprint density at radius 3 is 3.12 bits per heavy atom. The lowest BCUT2D eigenvalue weighted by Gasteiger charge is -1.97. The zero-order valence-electron chi connectivity index (χ0n) is 8.55. The van der Waals surface area contributed by atoms with Gasteiger partial charge in [0, 0.05) is 12.5 Å². The van der Waals surface area contributed by atoms with Crippen LogP contribution in [0.1, 0.15) is 18.2 Å². The topological polar surface area (TPSA) is 74.2 Å². The number of hydrogen-bond acceptors (Lipinski definition) is 6. The van der Waals surface area contributed by atoms with Crippen LogP contribution in [0.3, 0.4) is 0 Å². The first-order valence-corrected chi connectivity index (χ1v) is 5.97. The highest BCUT2D eigenvalue weighted by molar-refractivity contribution is 7.14. The number of hydrogen-bond donors (Lipinski definition) is 1. The average molecular weight is 237 g/mol. The van der Waals surface area contributed by atoms with E-state index in [4.69, 9.17) is 15.0 Å². The van der Waals surface area contributed by atoms with Crippen LogP contribution >= 0.6 is 11.3 Å². The van der Waals surface area contributed by atoms with Gasteiger partial charge in [-0.15, -0.1) is 11.3 Å². The predicted octanol–water partition coefficient (Wildman–Crippen LogP) is 1.88. The van der Waals surface area contributed by atoms with Gasteiger partial charge in [-0.1, -0.05) is 5.16 Å². The van der Waals surface area contributed by atoms with Crippen LogP contribution in [-0.2, 0) is 4.74 Å². The highest BCUT2D eigenvalue weighted by Crippen LogP contribution is 2.31. The van der Waals surface area contributed by atoms with E-state index in [1.165, 1.54) is 11.3 Å². The molecule has 0 amide bonds. The van der Waals surface area contributed by atoms with Gasteiger partial charge < -0.3 is 15.0 Å². The van der Waals surface area contributed by atoms with E-state index >= 15 is 0 Å². The van der Waals surface area contributed by atoms with Crippen molar-refractivity contribution in [3.8, 4) is 11.5 Å². The maximum absolute atomic E-state index is 5.80. The molecule has 1 unspecified atom stereocenters. The Kier molecular flexibility index (Phi) is 2.37. The minimum Gasteiger partial charge on any atom is -0.390 e. The molecule has 0 radical (unpaired) electrons. The summed E-state index contributed by atoms with van der Waals surface area (Å²) in [6.07, 6.45) is 0.956. The van der Waals surface area contributed by atoms with Crippen LogP contribution in [0.4, 0.5) is 5.00 Å². The van der Waals surface area contributed by atoms with E-state index in [1.54, 1.807) is 0 Å². The summed E-state index contributed by atoms with van der Waals surface area (Å²) < 4.78 is 10.5. The van der Waals surface area contributed by atoms with E-state index in [0.717, 1.165) is 24.4 Å². The van der Waals surface area contributed by atoms with Crippen LogP contribution in [0.5, 0.6) is 0 Å². The van der Waals surface area contributed by atoms with Gasteiger partial charge in [0.2, 0.25) is 0 Å². The van der Waals surface area contributed by atoms with Crippen LogP contribution in [0, 0.1) is 0 Å². The third kappa shape index (κ3) is 1.60. The van der Waals surface area contributed by atoms with Gasteiger partial charge in [0.15, 0.2) is 5.82 Å². The van der Waals surface area contributed by atoms with Gasteiger partial charge >= 0.3 is 0 Å². The van der Waals surface area contributed by atoms with Crippen LogP contribution in [0.25, 0.3) is 11.5 Å². The van der Waals surface area contributed by atoms with Crippen molar-refractivity contribution >= 4 is 16.3 Å². The Bertz CT molecular complexity index is 488. The summed E-state index contributed by atoms with van der Waals surface area (Å²) in [7, 11) is 0. The summed E-state index contributed by atoms with van der Waals surface area (Å²) in [5.74, 6) is 1.48. The van der Waals surface area contributed by atoms with Crippen molar-refractivity contribution in [2.24, 2.45) is 0 Å². The van der Waals surface area contributed by atoms with Crippen LogP contribution in [-0.4, -0.2) is 23.4 Å². The molecule has 0 spiro atoms. The molecule has 3 rings (SSSR count). The molecule has 0 aromatic carbocycles. The highest BCUT2D eigenvalue weighted by Gasteiger charge is 2.24. The second-order valence-electron chi connectivity index (χ2n) is 3.72. The molecule has 1 fully saturated rings. The number of aromatic nitrogens is 2. The standard InChI is InChI=1S/C10H11N3O2S/c11-8-7(2-4-16-8)10-12-9(13-15-10)6-1-3-14-5-6/h2,4,6H,1,3,5,11H2. The molecule has 1 saturated heterocycles. The van der Waals surface area contributed by atoms with Crippen LogP contribution in [0.15, 0.2) is 16.0 Å². The van der Waals surface area contributed by atoms with E-state index in [9.17, 15) is 0 Å². The number of nitrogen functional groups attached to an aromatic ring is 1. The number of thiophene rings is 1. The third-order valence-electron chi connectivity index (χ3n) is 2.66. The van der Waals surface area contributed by atoms with E-state index in [-0.39, 0.29) is 5.92 Å². The molecule has 84 valence electrons. The number of nitrogens with two attached hydrogens (primary N) is 1. The van der Waals surface area contributed by atoms with E-state index in [0.29, 0.717) is 17.5 Å². The molecule has 0 aliphatic carbocycles. The Labute approximate surface area is 96.2 Å². The Balaban J connectivity index is 1.90. The molecule has 1 aliphatic heterocycles. The first kappa shape index (κ1) is 9.80. The summed E-state index contributed by atoms with van der Waals surface area (Å²) in [5.41, 5.74) is 6.62. The smallest absolute Gasteiger partial charge is 0.260 e. The lowest BCUT2D eigenvalue weighted by atomic mass is 10.1. The number of anilines is 1. The summed E-state index contributed by atoms with van der Waals surface area (Å²) in [4.78, 5) is 4.36. The van der Waals surface area contributed by atoms with Gasteiger partial charge in [0.1, 0.15) is 0 Å². The second kappa shape index (κ2) is 3.88. The largest absolute Gasteiger partial charge is 0.390 e. The SMILES string of the molecule is Nc1sccc1-c1nc(C2CCOC2)no1. The van der Waals surface area contributed by atoms with Gasteiger partial charge in [-0.2, -0.15) is 4.98 Å². The molecule has 5 nitrogen and oxygen atoms in total. The van der Waals surface area contributed by atoms with Crippen molar-refractivity contribution in [1.82, 2.24) is 10.1 Å². The van der Waals surface area contributed by atoms with Crippen molar-refractivity contribution < 1.29 is 9.26 Å². The Morgan fingerprint density at radius 1 is 1.50 bits per heavy atom. The summed E-state index contributed by atoms with van der Waals surface area (Å²) in [6, 6.07) is 1.89. The predicted molar refractivity (Wildman–Crippen MR) is 60.2 cm³/mol. The number of rotatable bonds is 2. The summed E-state index contributed by atoms with van der Waals surface area (Å²) in [6.45, 7) is 1.45. The molecule has 2 aromatic rings. The van der Waals surface area contributed by atoms with E-state index in [1.807, 2.05) is 11.4 Å². The van der Waals surface area contributed by atoms with Gasteiger partial charge in [-0.05, 0) is 17.9 Å². The van der Waals surface area contributed by atoms with Crippen molar-refractivity contribution in [2.45, 2.75) is 12.3 Å². The van der Waals surface area contributed by atoms with Gasteiger partial charge in [-0.3, -0.25) is 0 Å². The molecule has 2 N–H and O–H groups in total. The summed E-state index contributed by atoms with van der Waals surface area (Å²) >= 11 is 1.47. The first-order chi connectivity index (χ1) is 7.84. The molecule has 0 bridgehead atoms. The van der Waals surface area contributed by atoms with Crippen molar-refractivity contribution in [3.05, 3.63) is 17.3 Å². The molecule has 3 heterocycles. The molecule has 1 aliphatic rings. The zero-order chi connectivity index (χ0) is 11.0. The fourth-order valence-corrected chi connectivity index (χ4v) is 2.38. The van der Waals surface area contributed by atoms with Gasteiger partial charge in [0.05, 0.1) is 17.2 Å². The highest BCUT2D eigenvalue weighted by atomic mass is 32.1. The number of nitrogens with zero attached hydrogens (tertiary/aromatic N) is 2. The van der Waals surface area contributed by atoms with Crippen molar-refractivity contribution in [1.29, 1.82) is 0 Å². The van der Waals surface area contributed by atoms with Crippen molar-refractivity contribution in [3.63, 3.8) is 0 Å².